The van der Waals surface area contributed by atoms with Crippen LogP contribution in [0.4, 0.5) is 4.39 Å². The molecule has 0 bridgehead atoms. The quantitative estimate of drug-likeness (QED) is 0.505. The van der Waals surface area contributed by atoms with E-state index in [0.29, 0.717) is 15.4 Å². The van der Waals surface area contributed by atoms with Crippen LogP contribution in [0.2, 0.25) is 0 Å². The highest BCUT2D eigenvalue weighted by Crippen LogP contribution is 2.32. The molecule has 2 aromatic heterocycles. The van der Waals surface area contributed by atoms with Crippen molar-refractivity contribution < 1.29 is 9.18 Å². The third-order valence-corrected chi connectivity index (χ3v) is 6.00. The minimum Gasteiger partial charge on any atom is -0.348 e. The number of hydrogen-bond donors (Lipinski definition) is 0. The Morgan fingerprint density at radius 3 is 2.58 bits per heavy atom. The Morgan fingerprint density at radius 2 is 1.96 bits per heavy atom. The fourth-order valence-electron chi connectivity index (χ4n) is 2.57. The van der Waals surface area contributed by atoms with E-state index in [9.17, 15) is 14.0 Å². The van der Waals surface area contributed by atoms with Crippen LogP contribution in [0.15, 0.2) is 39.6 Å². The molecule has 1 atom stereocenters. The lowest BCUT2D eigenvalue weighted by Gasteiger charge is -2.17. The zero-order valence-electron chi connectivity index (χ0n) is 14.8. The predicted octanol–water partition coefficient (Wildman–Crippen LogP) is 3.37. The summed E-state index contributed by atoms with van der Waals surface area (Å²) in [6.07, 6.45) is 0. The number of aromatic nitrogens is 2. The van der Waals surface area contributed by atoms with Gasteiger partial charge in [0.15, 0.2) is 5.16 Å². The fraction of sp³-hybridized carbons (Fsp3) is 0.278. The Morgan fingerprint density at radius 1 is 1.31 bits per heavy atom. The third kappa shape index (κ3) is 3.39. The molecule has 0 aliphatic carbocycles. The summed E-state index contributed by atoms with van der Waals surface area (Å²) < 4.78 is 14.6. The summed E-state index contributed by atoms with van der Waals surface area (Å²) in [6, 6.07) is 6.04. The first-order valence-corrected chi connectivity index (χ1v) is 9.67. The molecule has 0 aliphatic rings. The molecular weight excluding hydrogens is 373 g/mol. The second-order valence-corrected chi connectivity index (χ2v) is 8.25. The topological polar surface area (TPSA) is 55.2 Å². The lowest BCUT2D eigenvalue weighted by atomic mass is 10.1. The summed E-state index contributed by atoms with van der Waals surface area (Å²) >= 11 is 2.63. The van der Waals surface area contributed by atoms with Gasteiger partial charge in [0.2, 0.25) is 5.91 Å². The Labute approximate surface area is 158 Å². The van der Waals surface area contributed by atoms with Gasteiger partial charge in [-0.15, -0.1) is 11.3 Å². The molecule has 5 nitrogen and oxygen atoms in total. The summed E-state index contributed by atoms with van der Waals surface area (Å²) in [5, 5.41) is 2.52. The minimum absolute atomic E-state index is 0.0393. The largest absolute Gasteiger partial charge is 0.348 e. The van der Waals surface area contributed by atoms with Crippen molar-refractivity contribution in [1.29, 1.82) is 0 Å². The number of thioether (sulfide) groups is 1. The van der Waals surface area contributed by atoms with Crippen LogP contribution in [0, 0.1) is 5.82 Å². The molecular formula is C18H18FN3O2S2. The van der Waals surface area contributed by atoms with Gasteiger partial charge in [0.05, 0.1) is 10.6 Å². The molecule has 3 rings (SSSR count). The van der Waals surface area contributed by atoms with E-state index in [1.807, 2.05) is 5.38 Å². The lowest BCUT2D eigenvalue weighted by Crippen LogP contribution is -2.30. The molecule has 0 N–H and O–H groups in total. The number of carbonyl (C=O) groups excluding carboxylic acids is 1. The van der Waals surface area contributed by atoms with Gasteiger partial charge in [-0.3, -0.25) is 14.2 Å². The van der Waals surface area contributed by atoms with E-state index in [-0.39, 0.29) is 22.5 Å². The minimum atomic E-state index is -0.350. The summed E-state index contributed by atoms with van der Waals surface area (Å²) in [6.45, 7) is 1.79. The van der Waals surface area contributed by atoms with Gasteiger partial charge in [-0.05, 0) is 24.6 Å². The molecule has 0 spiro atoms. The van der Waals surface area contributed by atoms with E-state index in [1.165, 1.54) is 44.7 Å². The van der Waals surface area contributed by atoms with Gasteiger partial charge >= 0.3 is 0 Å². The molecule has 1 amide bonds. The molecule has 1 aromatic carbocycles. The van der Waals surface area contributed by atoms with Gasteiger partial charge in [-0.25, -0.2) is 9.37 Å². The molecule has 136 valence electrons. The molecule has 0 fully saturated rings. The maximum Gasteiger partial charge on any atom is 0.263 e. The van der Waals surface area contributed by atoms with E-state index in [1.54, 1.807) is 40.2 Å². The second kappa shape index (κ2) is 7.20. The van der Waals surface area contributed by atoms with Crippen LogP contribution in [0.3, 0.4) is 0 Å². The Hall–Kier alpha value is -2.19. The normalized spacial score (nSPS) is 12.3. The Kier molecular flexibility index (Phi) is 5.15. The van der Waals surface area contributed by atoms with E-state index in [4.69, 9.17) is 0 Å². The van der Waals surface area contributed by atoms with E-state index in [2.05, 4.69) is 4.98 Å². The van der Waals surface area contributed by atoms with Crippen LogP contribution in [-0.2, 0) is 11.8 Å². The van der Waals surface area contributed by atoms with Gasteiger partial charge < -0.3 is 4.90 Å². The lowest BCUT2D eigenvalue weighted by molar-refractivity contribution is -0.127. The standard InChI is InChI=1S/C18H18FN3O2S2/c1-10(16(23)21(2)3)26-18-20-15-14(17(24)22(18)4)13(9-25-15)11-5-7-12(19)8-6-11/h5-10H,1-4H3/t10-/m1/s1. The van der Waals surface area contributed by atoms with E-state index in [0.717, 1.165) is 11.1 Å². The number of carbonyl (C=O) groups is 1. The fourth-order valence-corrected chi connectivity index (χ4v) is 4.58. The number of hydrogen-bond acceptors (Lipinski definition) is 5. The van der Waals surface area contributed by atoms with Crippen molar-refractivity contribution in [1.82, 2.24) is 14.5 Å². The number of halogens is 1. The molecule has 0 aliphatic heterocycles. The molecule has 2 heterocycles. The molecule has 3 aromatic rings. The number of fused-ring (bicyclic) bond motifs is 1. The summed E-state index contributed by atoms with van der Waals surface area (Å²) in [5.41, 5.74) is 1.34. The van der Waals surface area contributed by atoms with Crippen molar-refractivity contribution in [2.75, 3.05) is 14.1 Å². The number of benzene rings is 1. The van der Waals surface area contributed by atoms with Crippen LogP contribution in [-0.4, -0.2) is 39.7 Å². The average Bonchev–Trinajstić information content (AvgIpc) is 3.03. The van der Waals surface area contributed by atoms with Crippen LogP contribution in [0.5, 0.6) is 0 Å². The van der Waals surface area contributed by atoms with E-state index < -0.39 is 0 Å². The highest BCUT2D eigenvalue weighted by molar-refractivity contribution is 8.00. The molecule has 0 saturated carbocycles. The van der Waals surface area contributed by atoms with Crippen LogP contribution >= 0.6 is 23.1 Å². The number of thiophene rings is 1. The monoisotopic (exact) mass is 391 g/mol. The summed E-state index contributed by atoms with van der Waals surface area (Å²) in [7, 11) is 5.04. The van der Waals surface area contributed by atoms with Crippen molar-refractivity contribution in [3.8, 4) is 11.1 Å². The molecule has 8 heteroatoms. The third-order valence-electron chi connectivity index (χ3n) is 4.00. The van der Waals surface area contributed by atoms with E-state index >= 15 is 0 Å². The number of rotatable bonds is 4. The number of nitrogens with zero attached hydrogens (tertiary/aromatic N) is 3. The molecule has 0 radical (unpaired) electrons. The highest BCUT2D eigenvalue weighted by Gasteiger charge is 2.21. The number of amides is 1. The van der Waals surface area contributed by atoms with Gasteiger partial charge in [0.25, 0.3) is 5.56 Å². The first-order chi connectivity index (χ1) is 12.3. The second-order valence-electron chi connectivity index (χ2n) is 6.09. The predicted molar refractivity (Wildman–Crippen MR) is 104 cm³/mol. The first-order valence-electron chi connectivity index (χ1n) is 7.91. The summed E-state index contributed by atoms with van der Waals surface area (Å²) in [5.74, 6) is -0.361. The van der Waals surface area contributed by atoms with Gasteiger partial charge in [-0.2, -0.15) is 0 Å². The van der Waals surface area contributed by atoms with Crippen LogP contribution < -0.4 is 5.56 Å². The van der Waals surface area contributed by atoms with Gasteiger partial charge in [-0.1, -0.05) is 23.9 Å². The van der Waals surface area contributed by atoms with Crippen LogP contribution in [0.1, 0.15) is 6.92 Å². The maximum atomic E-state index is 13.2. The molecule has 26 heavy (non-hydrogen) atoms. The van der Waals surface area contributed by atoms with Crippen molar-refractivity contribution in [2.24, 2.45) is 7.05 Å². The van der Waals surface area contributed by atoms with Gasteiger partial charge in [0.1, 0.15) is 10.6 Å². The van der Waals surface area contributed by atoms with Crippen molar-refractivity contribution in [2.45, 2.75) is 17.3 Å². The van der Waals surface area contributed by atoms with Crippen LogP contribution in [0.25, 0.3) is 21.3 Å². The first kappa shape index (κ1) is 18.6. The highest BCUT2D eigenvalue weighted by atomic mass is 32.2. The zero-order chi connectivity index (χ0) is 19.0. The van der Waals surface area contributed by atoms with Gasteiger partial charge in [0, 0.05) is 32.1 Å². The Bertz CT molecular complexity index is 1030. The molecule has 0 unspecified atom stereocenters. The maximum absolute atomic E-state index is 13.2. The Balaban J connectivity index is 2.06. The molecule has 0 saturated heterocycles. The smallest absolute Gasteiger partial charge is 0.263 e. The zero-order valence-corrected chi connectivity index (χ0v) is 16.4. The summed E-state index contributed by atoms with van der Waals surface area (Å²) in [4.78, 5) is 31.7. The van der Waals surface area contributed by atoms with Crippen molar-refractivity contribution in [3.05, 3.63) is 45.8 Å². The van der Waals surface area contributed by atoms with Crippen molar-refractivity contribution >= 4 is 39.2 Å². The average molecular weight is 391 g/mol. The SMILES string of the molecule is C[C@@H](Sc1nc2scc(-c3ccc(F)cc3)c2c(=O)n1C)C(=O)N(C)C. The van der Waals surface area contributed by atoms with Crippen molar-refractivity contribution in [3.63, 3.8) is 0 Å².